The number of hydrogen-bond acceptors (Lipinski definition) is 3. The van der Waals surface area contributed by atoms with E-state index in [1.807, 2.05) is 13.8 Å². The lowest BCUT2D eigenvalue weighted by molar-refractivity contribution is -0.129. The van der Waals surface area contributed by atoms with Gasteiger partial charge < -0.3 is 4.79 Å². The molecule has 16 heavy (non-hydrogen) atoms. The Morgan fingerprint density at radius 2 is 2.06 bits per heavy atom. The lowest BCUT2D eigenvalue weighted by atomic mass is 9.75. The number of aldehydes is 1. The van der Waals surface area contributed by atoms with E-state index in [0.29, 0.717) is 19.3 Å². The Hall–Kier alpha value is -0.990. The first kappa shape index (κ1) is 11.5. The van der Waals surface area contributed by atoms with E-state index in [4.69, 9.17) is 0 Å². The molecule has 2 rings (SSSR count). The number of hydrogen-bond donors (Lipinski definition) is 0. The summed E-state index contributed by atoms with van der Waals surface area (Å²) in [7, 11) is 0. The van der Waals surface area contributed by atoms with Crippen LogP contribution in [0, 0.1) is 22.7 Å². The molecule has 3 nitrogen and oxygen atoms in total. The van der Waals surface area contributed by atoms with Crippen molar-refractivity contribution in [2.24, 2.45) is 22.7 Å². The van der Waals surface area contributed by atoms with E-state index < -0.39 is 5.41 Å². The van der Waals surface area contributed by atoms with Crippen LogP contribution in [-0.4, -0.2) is 17.9 Å². The van der Waals surface area contributed by atoms with Crippen LogP contribution in [0.3, 0.4) is 0 Å². The highest BCUT2D eigenvalue weighted by Gasteiger charge is 2.63. The number of carbonyl (C=O) groups is 3. The summed E-state index contributed by atoms with van der Waals surface area (Å²) in [5.41, 5.74) is -0.690. The molecule has 1 unspecified atom stereocenters. The van der Waals surface area contributed by atoms with Gasteiger partial charge in [0.15, 0.2) is 0 Å². The third-order valence-corrected chi connectivity index (χ3v) is 4.62. The van der Waals surface area contributed by atoms with Gasteiger partial charge in [0, 0.05) is 24.2 Å². The average Bonchev–Trinajstić information content (AvgIpc) is 2.52. The van der Waals surface area contributed by atoms with Crippen molar-refractivity contribution in [1.29, 1.82) is 0 Å². The van der Waals surface area contributed by atoms with Gasteiger partial charge >= 0.3 is 0 Å². The summed E-state index contributed by atoms with van der Waals surface area (Å²) < 4.78 is 0. The largest absolute Gasteiger partial charge is 0.303 e. The maximum atomic E-state index is 11.9. The molecule has 0 aromatic rings. The summed E-state index contributed by atoms with van der Waals surface area (Å²) in [4.78, 5) is 34.7. The molecule has 2 aliphatic carbocycles. The minimum absolute atomic E-state index is 0.0509. The third kappa shape index (κ3) is 1.30. The zero-order chi connectivity index (χ0) is 12.1. The highest BCUT2D eigenvalue weighted by molar-refractivity contribution is 5.95. The Morgan fingerprint density at radius 1 is 1.44 bits per heavy atom. The molecular formula is C13H18O3. The lowest BCUT2D eigenvalue weighted by Crippen LogP contribution is -2.30. The number of Topliss-reactive ketones (excluding diaryl/α,β-unsaturated/α-hetero) is 2. The van der Waals surface area contributed by atoms with Gasteiger partial charge in [-0.15, -0.1) is 0 Å². The second kappa shape index (κ2) is 3.25. The molecule has 0 bridgehead atoms. The Balaban J connectivity index is 2.47. The predicted octanol–water partition coefficient (Wildman–Crippen LogP) is 1.79. The van der Waals surface area contributed by atoms with E-state index in [1.165, 1.54) is 0 Å². The Labute approximate surface area is 95.6 Å². The van der Waals surface area contributed by atoms with Crippen LogP contribution in [0.5, 0.6) is 0 Å². The van der Waals surface area contributed by atoms with Gasteiger partial charge in [-0.3, -0.25) is 9.59 Å². The van der Waals surface area contributed by atoms with Crippen LogP contribution in [0.15, 0.2) is 0 Å². The molecule has 0 amide bonds. The Bertz CT molecular complexity index is 369. The van der Waals surface area contributed by atoms with Gasteiger partial charge in [-0.25, -0.2) is 0 Å². The van der Waals surface area contributed by atoms with Crippen LogP contribution in [0.1, 0.15) is 40.0 Å². The highest BCUT2D eigenvalue weighted by Crippen LogP contribution is 2.62. The van der Waals surface area contributed by atoms with Crippen molar-refractivity contribution in [3.63, 3.8) is 0 Å². The van der Waals surface area contributed by atoms with Crippen molar-refractivity contribution in [2.75, 3.05) is 0 Å². The summed E-state index contributed by atoms with van der Waals surface area (Å²) in [5, 5.41) is 0. The van der Waals surface area contributed by atoms with E-state index in [-0.39, 0.29) is 28.8 Å². The van der Waals surface area contributed by atoms with Gasteiger partial charge in [0.05, 0.1) is 0 Å². The summed E-state index contributed by atoms with van der Waals surface area (Å²) in [6.07, 6.45) is 2.39. The smallest absolute Gasteiger partial charge is 0.136 e. The molecule has 0 spiro atoms. The van der Waals surface area contributed by atoms with Crippen LogP contribution in [0.25, 0.3) is 0 Å². The van der Waals surface area contributed by atoms with Crippen molar-refractivity contribution in [3.05, 3.63) is 0 Å². The zero-order valence-electron chi connectivity index (χ0n) is 10.1. The van der Waals surface area contributed by atoms with Crippen molar-refractivity contribution in [1.82, 2.24) is 0 Å². The van der Waals surface area contributed by atoms with Gasteiger partial charge in [0.2, 0.25) is 0 Å². The normalized spacial score (nSPS) is 40.8. The Morgan fingerprint density at radius 3 is 2.56 bits per heavy atom. The predicted molar refractivity (Wildman–Crippen MR) is 58.8 cm³/mol. The molecule has 0 aliphatic heterocycles. The molecule has 88 valence electrons. The van der Waals surface area contributed by atoms with Gasteiger partial charge in [0.25, 0.3) is 0 Å². The topological polar surface area (TPSA) is 51.2 Å². The van der Waals surface area contributed by atoms with E-state index >= 15 is 0 Å². The van der Waals surface area contributed by atoms with Crippen molar-refractivity contribution in [3.8, 4) is 0 Å². The van der Waals surface area contributed by atoms with Crippen LogP contribution in [0.4, 0.5) is 0 Å². The standard InChI is InChI=1S/C13H18O3/c1-8(15)13-5-9(16)4-10(13)11(6-14)12(2,3)7-13/h6,10-11H,4-5,7H2,1-3H3/t10?,11-,13+/m1/s1. The fourth-order valence-electron chi connectivity index (χ4n) is 3.92. The third-order valence-electron chi connectivity index (χ3n) is 4.62. The fourth-order valence-corrected chi connectivity index (χ4v) is 3.92. The number of fused-ring (bicyclic) bond motifs is 1. The zero-order valence-corrected chi connectivity index (χ0v) is 10.1. The molecule has 0 N–H and O–H groups in total. The molecule has 2 fully saturated rings. The summed E-state index contributed by atoms with van der Waals surface area (Å²) in [6.45, 7) is 5.62. The second-order valence-corrected chi connectivity index (χ2v) is 6.07. The average molecular weight is 222 g/mol. The molecule has 2 saturated carbocycles. The van der Waals surface area contributed by atoms with E-state index in [0.717, 1.165) is 6.29 Å². The van der Waals surface area contributed by atoms with Crippen molar-refractivity contribution < 1.29 is 14.4 Å². The minimum atomic E-state index is -0.536. The van der Waals surface area contributed by atoms with Gasteiger partial charge in [-0.05, 0) is 24.7 Å². The van der Waals surface area contributed by atoms with E-state index in [1.54, 1.807) is 6.92 Å². The summed E-state index contributed by atoms with van der Waals surface area (Å²) >= 11 is 0. The molecule has 0 radical (unpaired) electrons. The number of ketones is 2. The maximum absolute atomic E-state index is 11.9. The molecule has 2 aliphatic rings. The molecule has 0 saturated heterocycles. The second-order valence-electron chi connectivity index (χ2n) is 6.07. The molecular weight excluding hydrogens is 204 g/mol. The van der Waals surface area contributed by atoms with E-state index in [2.05, 4.69) is 0 Å². The van der Waals surface area contributed by atoms with Gasteiger partial charge in [-0.1, -0.05) is 13.8 Å². The lowest BCUT2D eigenvalue weighted by Gasteiger charge is -2.26. The fraction of sp³-hybridized carbons (Fsp3) is 0.769. The summed E-state index contributed by atoms with van der Waals surface area (Å²) in [5.74, 6) is 0.0242. The quantitative estimate of drug-likeness (QED) is 0.669. The monoisotopic (exact) mass is 222 g/mol. The highest BCUT2D eigenvalue weighted by atomic mass is 16.1. The summed E-state index contributed by atoms with van der Waals surface area (Å²) in [6, 6.07) is 0. The first-order valence-corrected chi connectivity index (χ1v) is 5.81. The SMILES string of the molecule is CC(=O)[C@@]12CC(=O)CC1[C@@H](C=O)C(C)(C)C2. The molecule has 0 aromatic carbocycles. The first-order chi connectivity index (χ1) is 7.33. The van der Waals surface area contributed by atoms with Crippen LogP contribution >= 0.6 is 0 Å². The molecule has 3 heteroatoms. The van der Waals surface area contributed by atoms with Crippen molar-refractivity contribution in [2.45, 2.75) is 40.0 Å². The van der Waals surface area contributed by atoms with Crippen LogP contribution in [-0.2, 0) is 14.4 Å². The number of carbonyl (C=O) groups excluding carboxylic acids is 3. The van der Waals surface area contributed by atoms with E-state index in [9.17, 15) is 14.4 Å². The maximum Gasteiger partial charge on any atom is 0.136 e. The Kier molecular flexibility index (Phi) is 2.34. The van der Waals surface area contributed by atoms with Crippen molar-refractivity contribution >= 4 is 17.9 Å². The van der Waals surface area contributed by atoms with Crippen LogP contribution < -0.4 is 0 Å². The first-order valence-electron chi connectivity index (χ1n) is 5.81. The van der Waals surface area contributed by atoms with Crippen LogP contribution in [0.2, 0.25) is 0 Å². The van der Waals surface area contributed by atoms with Gasteiger partial charge in [0.1, 0.15) is 17.9 Å². The number of rotatable bonds is 2. The minimum Gasteiger partial charge on any atom is -0.303 e. The molecule has 0 heterocycles. The van der Waals surface area contributed by atoms with Gasteiger partial charge in [-0.2, -0.15) is 0 Å². The molecule has 3 atom stereocenters. The molecule has 0 aromatic heterocycles.